The van der Waals surface area contributed by atoms with Crippen molar-refractivity contribution in [1.82, 2.24) is 14.5 Å². The van der Waals surface area contributed by atoms with E-state index in [1.807, 2.05) is 24.4 Å². The molecule has 154 valence electrons. The second kappa shape index (κ2) is 8.02. The fourth-order valence-corrected chi connectivity index (χ4v) is 6.26. The first-order valence-electron chi connectivity index (χ1n) is 9.78. The largest absolute Gasteiger partial charge is 0.388 e. The van der Waals surface area contributed by atoms with E-state index in [-0.39, 0.29) is 10.3 Å². The minimum atomic E-state index is -3.61. The molecule has 2 heterocycles. The van der Waals surface area contributed by atoms with Gasteiger partial charge in [-0.25, -0.2) is 17.8 Å². The lowest BCUT2D eigenvalue weighted by Gasteiger charge is -2.28. The molecule has 0 saturated heterocycles. The maximum atomic E-state index is 12.9. The Kier molecular flexibility index (Phi) is 5.61. The third-order valence-electron chi connectivity index (χ3n) is 5.64. The second-order valence-electron chi connectivity index (χ2n) is 7.63. The Labute approximate surface area is 175 Å². The molecule has 2 aromatic heterocycles. The summed E-state index contributed by atoms with van der Waals surface area (Å²) in [5, 5.41) is 14.0. The van der Waals surface area contributed by atoms with Crippen LogP contribution in [-0.4, -0.2) is 29.8 Å². The van der Waals surface area contributed by atoms with Gasteiger partial charge in [0.2, 0.25) is 10.0 Å². The number of nitrogens with one attached hydrogen (secondary N) is 1. The van der Waals surface area contributed by atoms with Crippen LogP contribution in [0.2, 0.25) is 0 Å². The van der Waals surface area contributed by atoms with Crippen molar-refractivity contribution in [1.29, 1.82) is 0 Å². The zero-order valence-corrected chi connectivity index (χ0v) is 17.9. The average molecular weight is 432 g/mol. The molecular weight excluding hydrogens is 406 g/mol. The number of sulfonamides is 1. The first-order valence-corrected chi connectivity index (χ1v) is 12.1. The van der Waals surface area contributed by atoms with E-state index in [1.54, 1.807) is 53.4 Å². The van der Waals surface area contributed by atoms with Gasteiger partial charge in [0.15, 0.2) is 0 Å². The van der Waals surface area contributed by atoms with Crippen LogP contribution >= 0.6 is 11.3 Å². The van der Waals surface area contributed by atoms with Crippen molar-refractivity contribution in [2.45, 2.75) is 49.0 Å². The summed E-state index contributed by atoms with van der Waals surface area (Å²) in [6, 6.07) is 12.5. The summed E-state index contributed by atoms with van der Waals surface area (Å²) in [5.74, 6) is 0. The molecule has 1 saturated carbocycles. The van der Waals surface area contributed by atoms with E-state index in [4.69, 9.17) is 0 Å². The fourth-order valence-electron chi connectivity index (χ4n) is 3.94. The summed E-state index contributed by atoms with van der Waals surface area (Å²) in [5.41, 5.74) is 0.616. The number of thiophene rings is 1. The van der Waals surface area contributed by atoms with Crippen LogP contribution in [0.4, 0.5) is 0 Å². The standard InChI is InChI=1S/C21H25N3O3S2/c1-16(25)19-9-10-20(28-19)21(11-2-3-12-21)15-23-29(26,27)18-7-5-17(6-8-18)24-14-4-13-22-24/h4-10,13-14,16,23,25H,2-3,11-12,15H2,1H3. The van der Waals surface area contributed by atoms with E-state index in [2.05, 4.69) is 9.82 Å². The number of hydrogen-bond donors (Lipinski definition) is 2. The van der Waals surface area contributed by atoms with Crippen LogP contribution in [0.15, 0.2) is 59.8 Å². The van der Waals surface area contributed by atoms with E-state index in [0.29, 0.717) is 6.54 Å². The molecule has 0 aliphatic heterocycles. The third-order valence-corrected chi connectivity index (χ3v) is 8.56. The number of nitrogens with zero attached hydrogens (tertiary/aromatic N) is 2. The van der Waals surface area contributed by atoms with Gasteiger partial charge in [-0.2, -0.15) is 5.10 Å². The second-order valence-corrected chi connectivity index (χ2v) is 10.5. The lowest BCUT2D eigenvalue weighted by Crippen LogP contribution is -2.38. The van der Waals surface area contributed by atoms with Crippen LogP contribution in [0.25, 0.3) is 5.69 Å². The summed E-state index contributed by atoms with van der Waals surface area (Å²) in [6.07, 6.45) is 7.07. The van der Waals surface area contributed by atoms with Gasteiger partial charge in [0, 0.05) is 34.1 Å². The molecule has 3 aromatic rings. The highest BCUT2D eigenvalue weighted by atomic mass is 32.2. The first kappa shape index (κ1) is 20.3. The normalized spacial score (nSPS) is 17.4. The third kappa shape index (κ3) is 4.16. The zero-order chi connectivity index (χ0) is 20.5. The Hall–Kier alpha value is -2.00. The van der Waals surface area contributed by atoms with Crippen LogP contribution < -0.4 is 4.72 Å². The molecular formula is C21H25N3O3S2. The van der Waals surface area contributed by atoms with Gasteiger partial charge in [-0.05, 0) is 62.2 Å². The van der Waals surface area contributed by atoms with E-state index < -0.39 is 16.1 Å². The molecule has 1 aliphatic rings. The molecule has 1 atom stereocenters. The molecule has 1 fully saturated rings. The van der Waals surface area contributed by atoms with Gasteiger partial charge in [-0.15, -0.1) is 11.3 Å². The Morgan fingerprint density at radius 2 is 1.93 bits per heavy atom. The highest BCUT2D eigenvalue weighted by molar-refractivity contribution is 7.89. The van der Waals surface area contributed by atoms with Crippen molar-refractivity contribution >= 4 is 21.4 Å². The minimum Gasteiger partial charge on any atom is -0.388 e. The molecule has 1 aromatic carbocycles. The van der Waals surface area contributed by atoms with E-state index in [9.17, 15) is 13.5 Å². The molecule has 0 amide bonds. The van der Waals surface area contributed by atoms with Gasteiger partial charge in [0.1, 0.15) is 0 Å². The number of rotatable bonds is 7. The first-order chi connectivity index (χ1) is 13.9. The monoisotopic (exact) mass is 431 g/mol. The summed E-state index contributed by atoms with van der Waals surface area (Å²) in [6.45, 7) is 2.13. The minimum absolute atomic E-state index is 0.195. The Bertz CT molecular complexity index is 1050. The lowest BCUT2D eigenvalue weighted by molar-refractivity contribution is 0.203. The molecule has 29 heavy (non-hydrogen) atoms. The van der Waals surface area contributed by atoms with Gasteiger partial charge in [0.25, 0.3) is 0 Å². The summed E-state index contributed by atoms with van der Waals surface area (Å²) in [7, 11) is -3.61. The predicted molar refractivity (Wildman–Crippen MR) is 114 cm³/mol. The number of aliphatic hydroxyl groups is 1. The fraction of sp³-hybridized carbons (Fsp3) is 0.381. The lowest BCUT2D eigenvalue weighted by atomic mass is 9.85. The summed E-state index contributed by atoms with van der Waals surface area (Å²) in [4.78, 5) is 2.32. The summed E-state index contributed by atoms with van der Waals surface area (Å²) >= 11 is 1.59. The molecule has 2 N–H and O–H groups in total. The Morgan fingerprint density at radius 1 is 1.21 bits per heavy atom. The molecule has 0 spiro atoms. The van der Waals surface area contributed by atoms with Crippen molar-refractivity contribution in [2.24, 2.45) is 0 Å². The van der Waals surface area contributed by atoms with E-state index in [0.717, 1.165) is 41.1 Å². The highest BCUT2D eigenvalue weighted by Crippen LogP contribution is 2.44. The van der Waals surface area contributed by atoms with Crippen LogP contribution in [0.1, 0.15) is 48.5 Å². The zero-order valence-electron chi connectivity index (χ0n) is 16.3. The van der Waals surface area contributed by atoms with Crippen LogP contribution in [0.3, 0.4) is 0 Å². The van der Waals surface area contributed by atoms with Crippen molar-refractivity contribution in [3.8, 4) is 5.69 Å². The van der Waals surface area contributed by atoms with Gasteiger partial charge in [0.05, 0.1) is 16.7 Å². The smallest absolute Gasteiger partial charge is 0.240 e. The number of hydrogen-bond acceptors (Lipinski definition) is 5. The molecule has 4 rings (SSSR count). The van der Waals surface area contributed by atoms with E-state index >= 15 is 0 Å². The molecule has 1 aliphatic carbocycles. The Morgan fingerprint density at radius 3 is 2.52 bits per heavy atom. The summed E-state index contributed by atoms with van der Waals surface area (Å²) < 4.78 is 30.3. The van der Waals surface area contributed by atoms with Crippen molar-refractivity contribution < 1.29 is 13.5 Å². The average Bonchev–Trinajstić information content (AvgIpc) is 3.48. The van der Waals surface area contributed by atoms with Crippen molar-refractivity contribution in [3.63, 3.8) is 0 Å². The number of aromatic nitrogens is 2. The van der Waals surface area contributed by atoms with Crippen molar-refractivity contribution in [3.05, 3.63) is 64.6 Å². The number of aliphatic hydroxyl groups excluding tert-OH is 1. The number of benzene rings is 1. The molecule has 8 heteroatoms. The molecule has 0 radical (unpaired) electrons. The topological polar surface area (TPSA) is 84.2 Å². The molecule has 6 nitrogen and oxygen atoms in total. The van der Waals surface area contributed by atoms with Gasteiger partial charge < -0.3 is 5.11 Å². The van der Waals surface area contributed by atoms with Crippen LogP contribution in [0, 0.1) is 0 Å². The SMILES string of the molecule is CC(O)c1ccc(C2(CNS(=O)(=O)c3ccc(-n4cccn4)cc3)CCCC2)s1. The van der Waals surface area contributed by atoms with Crippen LogP contribution in [0.5, 0.6) is 0 Å². The highest BCUT2D eigenvalue weighted by Gasteiger charge is 2.38. The molecule has 1 unspecified atom stereocenters. The van der Waals surface area contributed by atoms with Gasteiger partial charge >= 0.3 is 0 Å². The van der Waals surface area contributed by atoms with Gasteiger partial charge in [-0.1, -0.05) is 12.8 Å². The maximum absolute atomic E-state index is 12.9. The molecule has 0 bridgehead atoms. The predicted octanol–water partition coefficient (Wildman–Crippen LogP) is 3.78. The van der Waals surface area contributed by atoms with Gasteiger partial charge in [-0.3, -0.25) is 0 Å². The Balaban J connectivity index is 1.52. The quantitative estimate of drug-likeness (QED) is 0.596. The van der Waals surface area contributed by atoms with Crippen molar-refractivity contribution in [2.75, 3.05) is 6.54 Å². The van der Waals surface area contributed by atoms with E-state index in [1.165, 1.54) is 0 Å². The maximum Gasteiger partial charge on any atom is 0.240 e. The van der Waals surface area contributed by atoms with Crippen LogP contribution in [-0.2, 0) is 15.4 Å².